The Hall–Kier alpha value is -8.20. The first-order chi connectivity index (χ1) is 30.7. The van der Waals surface area contributed by atoms with Crippen LogP contribution >= 0.6 is 0 Å². The fraction of sp³-hybridized carbons (Fsp3) is 0. The molecule has 0 aliphatic heterocycles. The van der Waals surface area contributed by atoms with Crippen LogP contribution in [0.15, 0.2) is 215 Å². The summed E-state index contributed by atoms with van der Waals surface area (Å²) in [5.74, 6) is 0. The molecule has 0 saturated carbocycles. The quantitative estimate of drug-likeness (QED) is 0.166. The first-order valence-corrected chi connectivity index (χ1v) is 21.3. The highest BCUT2D eigenvalue weighted by Gasteiger charge is 2.24. The number of para-hydroxylation sites is 2. The predicted octanol–water partition coefficient (Wildman–Crippen LogP) is 17.4. The van der Waals surface area contributed by atoms with Crippen molar-refractivity contribution in [2.45, 2.75) is 0 Å². The second kappa shape index (κ2) is 12.7. The maximum atomic E-state index is 6.92. The van der Waals surface area contributed by atoms with Gasteiger partial charge in [0.25, 0.3) is 0 Å². The van der Waals surface area contributed by atoms with Crippen molar-refractivity contribution in [3.05, 3.63) is 206 Å². The van der Waals surface area contributed by atoms with E-state index in [-0.39, 0.29) is 0 Å². The lowest BCUT2D eigenvalue weighted by Gasteiger charge is -2.21. The Balaban J connectivity index is 1.12. The SMILES string of the molecule is c1ccc(-c2cc(-c3cccc4c3oc3cc5ccccc5cc34)c3ccc4c(-c5ccccc5)cc(-c5cccc6c5oc5cc7ccccc7cc56)c5ccc2c3c45)cc1. The number of furan rings is 2. The Morgan fingerprint density at radius 3 is 1.02 bits per heavy atom. The first-order valence-electron chi connectivity index (χ1n) is 21.3. The molecule has 0 bridgehead atoms. The van der Waals surface area contributed by atoms with Gasteiger partial charge in [-0.1, -0.05) is 170 Å². The number of benzene rings is 12. The highest BCUT2D eigenvalue weighted by atomic mass is 16.3. The summed E-state index contributed by atoms with van der Waals surface area (Å²) in [6.45, 7) is 0. The highest BCUT2D eigenvalue weighted by molar-refractivity contribution is 6.33. The molecule has 0 unspecified atom stereocenters. The van der Waals surface area contributed by atoms with E-state index in [0.29, 0.717) is 0 Å². The van der Waals surface area contributed by atoms with Crippen LogP contribution in [0.3, 0.4) is 0 Å². The molecule has 0 aliphatic rings. The van der Waals surface area contributed by atoms with Gasteiger partial charge in [0.15, 0.2) is 0 Å². The molecule has 0 spiro atoms. The zero-order valence-corrected chi connectivity index (χ0v) is 33.4. The molecule has 0 N–H and O–H groups in total. The van der Waals surface area contributed by atoms with Crippen molar-refractivity contribution in [2.24, 2.45) is 0 Å². The fourth-order valence-electron chi connectivity index (χ4n) is 10.5. The zero-order chi connectivity index (χ0) is 40.5. The number of hydrogen-bond donors (Lipinski definition) is 0. The van der Waals surface area contributed by atoms with E-state index in [9.17, 15) is 0 Å². The first kappa shape index (κ1) is 33.6. The second-order valence-corrected chi connectivity index (χ2v) is 16.7. The van der Waals surface area contributed by atoms with E-state index in [1.165, 1.54) is 76.1 Å². The van der Waals surface area contributed by atoms with Crippen LogP contribution in [0.2, 0.25) is 0 Å². The molecule has 286 valence electrons. The van der Waals surface area contributed by atoms with Crippen molar-refractivity contribution in [3.8, 4) is 44.5 Å². The molecule has 0 radical (unpaired) electrons. The van der Waals surface area contributed by atoms with Crippen LogP contribution in [0.5, 0.6) is 0 Å². The largest absolute Gasteiger partial charge is 0.455 e. The van der Waals surface area contributed by atoms with E-state index in [0.717, 1.165) is 66.1 Å². The molecule has 0 atom stereocenters. The van der Waals surface area contributed by atoms with Gasteiger partial charge < -0.3 is 8.83 Å². The van der Waals surface area contributed by atoms with Crippen LogP contribution in [0.25, 0.3) is 142 Å². The number of fused-ring (bicyclic) bond motifs is 8. The number of hydrogen-bond acceptors (Lipinski definition) is 2. The summed E-state index contributed by atoms with van der Waals surface area (Å²) in [4.78, 5) is 0. The lowest BCUT2D eigenvalue weighted by Crippen LogP contribution is -1.94. The van der Waals surface area contributed by atoms with E-state index in [2.05, 4.69) is 206 Å². The average Bonchev–Trinajstić information content (AvgIpc) is 3.89. The molecule has 62 heavy (non-hydrogen) atoms. The molecule has 2 aromatic heterocycles. The van der Waals surface area contributed by atoms with E-state index in [1.54, 1.807) is 0 Å². The summed E-state index contributed by atoms with van der Waals surface area (Å²) < 4.78 is 13.8. The van der Waals surface area contributed by atoms with Gasteiger partial charge >= 0.3 is 0 Å². The molecule has 0 saturated heterocycles. The molecule has 12 aromatic carbocycles. The Kier molecular flexibility index (Phi) is 6.86. The standard InChI is InChI=1S/C60H34O2/c1-3-13-35(14-4-1)49-33-51(45-21-11-23-47-53-29-37-17-7-9-19-39(37)31-55(53)61-59(45)47)43-28-26-42-50(36-15-5-2-6-16-36)34-52(44-27-25-41(49)57(43)58(42)44)46-22-12-24-48-54-30-38-18-8-10-20-40(38)32-56(54)62-60(46)48/h1-34H. The van der Waals surface area contributed by atoms with E-state index >= 15 is 0 Å². The molecule has 14 rings (SSSR count). The normalized spacial score (nSPS) is 12.2. The summed E-state index contributed by atoms with van der Waals surface area (Å²) in [6, 6.07) is 75.1. The monoisotopic (exact) mass is 786 g/mol. The Morgan fingerprint density at radius 2 is 0.597 bits per heavy atom. The van der Waals surface area contributed by atoms with Gasteiger partial charge in [-0.3, -0.25) is 0 Å². The van der Waals surface area contributed by atoms with Crippen molar-refractivity contribution >= 4 is 97.7 Å². The van der Waals surface area contributed by atoms with Crippen molar-refractivity contribution in [2.75, 3.05) is 0 Å². The van der Waals surface area contributed by atoms with Crippen molar-refractivity contribution < 1.29 is 8.83 Å². The summed E-state index contributed by atoms with van der Waals surface area (Å²) in [7, 11) is 0. The van der Waals surface area contributed by atoms with Crippen LogP contribution in [-0.2, 0) is 0 Å². The Morgan fingerprint density at radius 1 is 0.226 bits per heavy atom. The highest BCUT2D eigenvalue weighted by Crippen LogP contribution is 2.51. The Bertz CT molecular complexity index is 3860. The molecular formula is C60H34O2. The molecule has 0 aliphatic carbocycles. The maximum Gasteiger partial charge on any atom is 0.143 e. The Labute approximate surface area is 355 Å². The van der Waals surface area contributed by atoms with E-state index < -0.39 is 0 Å². The van der Waals surface area contributed by atoms with Crippen molar-refractivity contribution in [3.63, 3.8) is 0 Å². The summed E-state index contributed by atoms with van der Waals surface area (Å²) >= 11 is 0. The molecule has 2 heteroatoms. The number of rotatable bonds is 4. The van der Waals surface area contributed by atoms with Crippen LogP contribution in [0.4, 0.5) is 0 Å². The average molecular weight is 787 g/mol. The third-order valence-electron chi connectivity index (χ3n) is 13.4. The fourth-order valence-corrected chi connectivity index (χ4v) is 10.5. The summed E-state index contributed by atoms with van der Waals surface area (Å²) in [6.07, 6.45) is 0. The van der Waals surface area contributed by atoms with Gasteiger partial charge in [-0.05, 0) is 124 Å². The molecule has 0 fully saturated rings. The third-order valence-corrected chi connectivity index (χ3v) is 13.4. The maximum absolute atomic E-state index is 6.92. The molecule has 2 nitrogen and oxygen atoms in total. The summed E-state index contributed by atoms with van der Waals surface area (Å²) in [5, 5.41) is 16.6. The minimum absolute atomic E-state index is 0.900. The predicted molar refractivity (Wildman–Crippen MR) is 261 cm³/mol. The molecule has 14 aromatic rings. The molecule has 2 heterocycles. The van der Waals surface area contributed by atoms with Gasteiger partial charge in [0.1, 0.15) is 22.3 Å². The zero-order valence-electron chi connectivity index (χ0n) is 33.4. The van der Waals surface area contributed by atoms with Crippen LogP contribution < -0.4 is 0 Å². The molecule has 0 amide bonds. The lowest BCUT2D eigenvalue weighted by atomic mass is 9.81. The van der Waals surface area contributed by atoms with Gasteiger partial charge in [-0.2, -0.15) is 0 Å². The third kappa shape index (κ3) is 4.75. The van der Waals surface area contributed by atoms with Crippen LogP contribution in [0.1, 0.15) is 0 Å². The van der Waals surface area contributed by atoms with Gasteiger partial charge in [0, 0.05) is 32.7 Å². The van der Waals surface area contributed by atoms with Gasteiger partial charge in [0.2, 0.25) is 0 Å². The summed E-state index contributed by atoms with van der Waals surface area (Å²) in [5.41, 5.74) is 12.8. The van der Waals surface area contributed by atoms with Crippen molar-refractivity contribution in [1.82, 2.24) is 0 Å². The minimum Gasteiger partial charge on any atom is -0.455 e. The van der Waals surface area contributed by atoms with Gasteiger partial charge in [-0.15, -0.1) is 0 Å². The molecular weight excluding hydrogens is 753 g/mol. The van der Waals surface area contributed by atoms with Crippen LogP contribution in [0, 0.1) is 0 Å². The van der Waals surface area contributed by atoms with E-state index in [4.69, 9.17) is 8.83 Å². The second-order valence-electron chi connectivity index (χ2n) is 16.7. The topological polar surface area (TPSA) is 26.3 Å². The lowest BCUT2D eigenvalue weighted by molar-refractivity contribution is 0.670. The smallest absolute Gasteiger partial charge is 0.143 e. The van der Waals surface area contributed by atoms with E-state index in [1.807, 2.05) is 0 Å². The van der Waals surface area contributed by atoms with Crippen LogP contribution in [-0.4, -0.2) is 0 Å². The van der Waals surface area contributed by atoms with Crippen molar-refractivity contribution in [1.29, 1.82) is 0 Å². The minimum atomic E-state index is 0.900. The van der Waals surface area contributed by atoms with Gasteiger partial charge in [0.05, 0.1) is 0 Å². The van der Waals surface area contributed by atoms with Gasteiger partial charge in [-0.25, -0.2) is 0 Å².